The third kappa shape index (κ3) is 3.20. The highest BCUT2D eigenvalue weighted by Gasteiger charge is 2.56. The second-order valence-corrected chi connectivity index (χ2v) is 9.34. The molecule has 3 saturated carbocycles. The molecule has 25 heavy (non-hydrogen) atoms. The fraction of sp³-hybridized carbons (Fsp3) is 0.905. The van der Waals surface area contributed by atoms with E-state index in [2.05, 4.69) is 25.9 Å². The molecule has 3 aliphatic rings. The smallest absolute Gasteiger partial charge is 0.0572 e. The van der Waals surface area contributed by atoms with Crippen LogP contribution in [0, 0.1) is 34.5 Å². The Morgan fingerprint density at radius 3 is 2.64 bits per heavy atom. The first-order chi connectivity index (χ1) is 11.9. The molecule has 144 valence electrons. The Hall–Kier alpha value is -0.420. The molecule has 0 aromatic rings. The standard InChI is InChI=1S/C21H37NO3/c1-14-5-6-18-17(12-22-25-4)19(8-10-20(14,18)2)21(3)9-7-16(24)11-15(21)13-23/h15-19,22-24H,1,5-13H2,2-4H3/t15-,16+,17+,18+,19+,20-,21+/m1/s1. The lowest BCUT2D eigenvalue weighted by Gasteiger charge is -2.56. The third-order valence-corrected chi connectivity index (χ3v) is 8.43. The Morgan fingerprint density at radius 2 is 1.96 bits per heavy atom. The van der Waals surface area contributed by atoms with E-state index >= 15 is 0 Å². The zero-order valence-electron chi connectivity index (χ0n) is 16.3. The van der Waals surface area contributed by atoms with Crippen LogP contribution in [0.4, 0.5) is 0 Å². The molecule has 7 atom stereocenters. The minimum absolute atomic E-state index is 0.0965. The van der Waals surface area contributed by atoms with Crippen molar-refractivity contribution in [2.45, 2.75) is 64.9 Å². The van der Waals surface area contributed by atoms with Crippen LogP contribution in [0.2, 0.25) is 0 Å². The predicted octanol–water partition coefficient (Wildman–Crippen LogP) is 3.30. The van der Waals surface area contributed by atoms with Crippen LogP contribution in [0.5, 0.6) is 0 Å². The van der Waals surface area contributed by atoms with Gasteiger partial charge in [-0.1, -0.05) is 26.0 Å². The number of aliphatic hydroxyl groups excluding tert-OH is 2. The first kappa shape index (κ1) is 19.3. The van der Waals surface area contributed by atoms with Crippen LogP contribution in [0.15, 0.2) is 12.2 Å². The summed E-state index contributed by atoms with van der Waals surface area (Å²) in [4.78, 5) is 5.23. The lowest BCUT2D eigenvalue weighted by molar-refractivity contribution is -0.100. The van der Waals surface area contributed by atoms with E-state index in [1.165, 1.54) is 24.8 Å². The van der Waals surface area contributed by atoms with Crippen LogP contribution < -0.4 is 5.48 Å². The molecule has 3 N–H and O–H groups in total. The van der Waals surface area contributed by atoms with Crippen LogP contribution in [-0.4, -0.2) is 36.6 Å². The van der Waals surface area contributed by atoms with Crippen LogP contribution in [-0.2, 0) is 4.84 Å². The summed E-state index contributed by atoms with van der Waals surface area (Å²) in [6, 6.07) is 0. The summed E-state index contributed by atoms with van der Waals surface area (Å²) in [6.07, 6.45) is 7.14. The van der Waals surface area contributed by atoms with Gasteiger partial charge in [-0.3, -0.25) is 0 Å². The molecule has 0 amide bonds. The summed E-state index contributed by atoms with van der Waals surface area (Å²) >= 11 is 0. The summed E-state index contributed by atoms with van der Waals surface area (Å²) in [5.74, 6) is 1.93. The number of aliphatic hydroxyl groups is 2. The minimum Gasteiger partial charge on any atom is -0.396 e. The van der Waals surface area contributed by atoms with E-state index in [1.807, 2.05) is 0 Å². The van der Waals surface area contributed by atoms with Gasteiger partial charge in [0.15, 0.2) is 0 Å². The lowest BCUT2D eigenvalue weighted by atomic mass is 9.49. The second-order valence-electron chi connectivity index (χ2n) is 9.34. The quantitative estimate of drug-likeness (QED) is 0.525. The summed E-state index contributed by atoms with van der Waals surface area (Å²) in [6.45, 7) is 10.2. The molecule has 3 fully saturated rings. The predicted molar refractivity (Wildman–Crippen MR) is 99.7 cm³/mol. The zero-order valence-corrected chi connectivity index (χ0v) is 16.3. The average molecular weight is 352 g/mol. The summed E-state index contributed by atoms with van der Waals surface area (Å²) in [5.41, 5.74) is 4.94. The number of nitrogens with one attached hydrogen (secondary N) is 1. The van der Waals surface area contributed by atoms with Gasteiger partial charge < -0.3 is 15.1 Å². The van der Waals surface area contributed by atoms with Crippen molar-refractivity contribution >= 4 is 0 Å². The van der Waals surface area contributed by atoms with E-state index in [9.17, 15) is 10.2 Å². The zero-order chi connectivity index (χ0) is 18.2. The van der Waals surface area contributed by atoms with E-state index < -0.39 is 0 Å². The van der Waals surface area contributed by atoms with E-state index in [0.29, 0.717) is 17.8 Å². The maximum Gasteiger partial charge on any atom is 0.0572 e. The van der Waals surface area contributed by atoms with Crippen LogP contribution in [0.25, 0.3) is 0 Å². The fourth-order valence-electron chi connectivity index (χ4n) is 6.65. The van der Waals surface area contributed by atoms with Crippen molar-refractivity contribution in [2.75, 3.05) is 20.3 Å². The van der Waals surface area contributed by atoms with Gasteiger partial charge >= 0.3 is 0 Å². The SMILES string of the molecule is C=C1CC[C@H]2[C@H](CNOC)[C@@H]([C@@]3(C)CC[C@H](O)C[C@@H]3CO)CC[C@]12C. The summed E-state index contributed by atoms with van der Waals surface area (Å²) in [5, 5.41) is 20.2. The molecule has 0 bridgehead atoms. The average Bonchev–Trinajstić information content (AvgIpc) is 2.90. The van der Waals surface area contributed by atoms with Gasteiger partial charge in [0, 0.05) is 13.2 Å². The van der Waals surface area contributed by atoms with Crippen molar-refractivity contribution in [1.29, 1.82) is 0 Å². The topological polar surface area (TPSA) is 61.7 Å². The lowest BCUT2D eigenvalue weighted by Crippen LogP contribution is -2.53. The minimum atomic E-state index is -0.249. The van der Waals surface area contributed by atoms with Gasteiger partial charge in [0.2, 0.25) is 0 Å². The van der Waals surface area contributed by atoms with Gasteiger partial charge in [-0.2, -0.15) is 0 Å². The number of fused-ring (bicyclic) bond motifs is 1. The van der Waals surface area contributed by atoms with Gasteiger partial charge in [-0.25, -0.2) is 5.48 Å². The molecule has 4 nitrogen and oxygen atoms in total. The molecule has 0 spiro atoms. The molecule has 3 rings (SSSR count). The van der Waals surface area contributed by atoms with Crippen molar-refractivity contribution in [3.8, 4) is 0 Å². The number of rotatable bonds is 5. The molecule has 0 aromatic heterocycles. The van der Waals surface area contributed by atoms with E-state index in [0.717, 1.165) is 32.2 Å². The van der Waals surface area contributed by atoms with Crippen molar-refractivity contribution in [1.82, 2.24) is 5.48 Å². The van der Waals surface area contributed by atoms with Gasteiger partial charge in [0.25, 0.3) is 0 Å². The third-order valence-electron chi connectivity index (χ3n) is 8.43. The Bertz CT molecular complexity index is 496. The molecule has 0 unspecified atom stereocenters. The number of allylic oxidation sites excluding steroid dienone is 1. The van der Waals surface area contributed by atoms with Crippen LogP contribution in [0.3, 0.4) is 0 Å². The Balaban J connectivity index is 1.89. The first-order valence-electron chi connectivity index (χ1n) is 10.1. The second kappa shape index (κ2) is 7.30. The van der Waals surface area contributed by atoms with Gasteiger partial charge in [0.05, 0.1) is 13.2 Å². The molecule has 0 saturated heterocycles. The van der Waals surface area contributed by atoms with Crippen molar-refractivity contribution in [3.05, 3.63) is 12.2 Å². The molecular formula is C21H37NO3. The molecule has 0 aromatic carbocycles. The normalized spacial score (nSPS) is 47.7. The molecule has 0 aliphatic heterocycles. The van der Waals surface area contributed by atoms with E-state index in [1.54, 1.807) is 7.11 Å². The Kier molecular flexibility index (Phi) is 5.65. The fourth-order valence-corrected chi connectivity index (χ4v) is 6.65. The molecular weight excluding hydrogens is 314 g/mol. The highest BCUT2D eigenvalue weighted by Crippen LogP contribution is 2.63. The maximum absolute atomic E-state index is 10.1. The number of hydrogen-bond acceptors (Lipinski definition) is 4. The molecule has 4 heteroatoms. The highest BCUT2D eigenvalue weighted by molar-refractivity contribution is 5.20. The van der Waals surface area contributed by atoms with Crippen LogP contribution in [0.1, 0.15) is 58.8 Å². The molecule has 0 heterocycles. The van der Waals surface area contributed by atoms with Crippen molar-refractivity contribution in [2.24, 2.45) is 34.5 Å². The molecule has 3 aliphatic carbocycles. The maximum atomic E-state index is 10.1. The number of hydroxylamine groups is 1. The van der Waals surface area contributed by atoms with Crippen molar-refractivity contribution < 1.29 is 15.1 Å². The van der Waals surface area contributed by atoms with E-state index in [-0.39, 0.29) is 29.5 Å². The molecule has 0 radical (unpaired) electrons. The Labute approximate surface area is 153 Å². The monoisotopic (exact) mass is 351 g/mol. The van der Waals surface area contributed by atoms with Crippen molar-refractivity contribution in [3.63, 3.8) is 0 Å². The Morgan fingerprint density at radius 1 is 1.20 bits per heavy atom. The summed E-state index contributed by atoms with van der Waals surface area (Å²) in [7, 11) is 1.69. The van der Waals surface area contributed by atoms with Gasteiger partial charge in [0.1, 0.15) is 0 Å². The first-order valence-corrected chi connectivity index (χ1v) is 10.1. The number of hydrogen-bond donors (Lipinski definition) is 3. The largest absolute Gasteiger partial charge is 0.396 e. The van der Waals surface area contributed by atoms with Gasteiger partial charge in [-0.15, -0.1) is 0 Å². The van der Waals surface area contributed by atoms with Crippen LogP contribution >= 0.6 is 0 Å². The van der Waals surface area contributed by atoms with Gasteiger partial charge in [-0.05, 0) is 79.4 Å². The van der Waals surface area contributed by atoms with E-state index in [4.69, 9.17) is 4.84 Å². The highest BCUT2D eigenvalue weighted by atomic mass is 16.6. The summed E-state index contributed by atoms with van der Waals surface area (Å²) < 4.78 is 0.